The molecular formula is C12H20N2O6. The van der Waals surface area contributed by atoms with E-state index in [1.54, 1.807) is 6.92 Å². The summed E-state index contributed by atoms with van der Waals surface area (Å²) in [5.74, 6) is -2.25. The Morgan fingerprint density at radius 3 is 2.25 bits per heavy atom. The molecule has 114 valence electrons. The third-order valence-corrected chi connectivity index (χ3v) is 2.40. The normalized spacial score (nSPS) is 11.3. The number of hydrogen-bond acceptors (Lipinski definition) is 6. The van der Waals surface area contributed by atoms with E-state index in [4.69, 9.17) is 5.73 Å². The van der Waals surface area contributed by atoms with Crippen molar-refractivity contribution in [3.05, 3.63) is 0 Å². The van der Waals surface area contributed by atoms with Crippen molar-refractivity contribution < 1.29 is 28.7 Å². The van der Waals surface area contributed by atoms with Crippen LogP contribution in [-0.4, -0.2) is 43.5 Å². The van der Waals surface area contributed by atoms with E-state index in [1.165, 1.54) is 7.11 Å². The van der Waals surface area contributed by atoms with E-state index in [-0.39, 0.29) is 32.3 Å². The van der Waals surface area contributed by atoms with Gasteiger partial charge in [0.15, 0.2) is 0 Å². The lowest BCUT2D eigenvalue weighted by atomic mass is 10.1. The lowest BCUT2D eigenvalue weighted by Crippen LogP contribution is -2.44. The van der Waals surface area contributed by atoms with Crippen molar-refractivity contribution in [2.75, 3.05) is 13.7 Å². The third-order valence-electron chi connectivity index (χ3n) is 2.40. The number of hydrogen-bond donors (Lipinski definition) is 2. The second-order valence-electron chi connectivity index (χ2n) is 3.94. The van der Waals surface area contributed by atoms with Crippen LogP contribution in [0.2, 0.25) is 0 Å². The third kappa shape index (κ3) is 8.06. The van der Waals surface area contributed by atoms with Gasteiger partial charge in [0.2, 0.25) is 11.8 Å². The second kappa shape index (κ2) is 9.76. The van der Waals surface area contributed by atoms with Crippen molar-refractivity contribution in [2.24, 2.45) is 5.73 Å². The lowest BCUT2D eigenvalue weighted by molar-refractivity contribution is -0.144. The van der Waals surface area contributed by atoms with Crippen LogP contribution in [0.25, 0.3) is 0 Å². The fourth-order valence-electron chi connectivity index (χ4n) is 1.37. The Bertz CT molecular complexity index is 369. The maximum atomic E-state index is 11.5. The van der Waals surface area contributed by atoms with Crippen LogP contribution >= 0.6 is 0 Å². The summed E-state index contributed by atoms with van der Waals surface area (Å²) in [4.78, 5) is 44.7. The molecule has 0 bridgehead atoms. The standard InChI is InChI=1S/C12H20N2O6/c1-3-20-11(17)7-5-9(15)14-8(12(13)18)4-6-10(16)19-2/h8H,3-7H2,1-2H3,(H2,13,18)(H,14,15)/t8-/m1/s1. The largest absolute Gasteiger partial charge is 0.469 e. The zero-order valence-electron chi connectivity index (χ0n) is 11.6. The Hall–Kier alpha value is -2.12. The van der Waals surface area contributed by atoms with E-state index < -0.39 is 29.8 Å². The summed E-state index contributed by atoms with van der Waals surface area (Å²) in [5.41, 5.74) is 5.12. The number of nitrogens with two attached hydrogens (primary N) is 1. The van der Waals surface area contributed by atoms with Crippen molar-refractivity contribution in [2.45, 2.75) is 38.6 Å². The number of carbonyl (C=O) groups is 4. The summed E-state index contributed by atoms with van der Waals surface area (Å²) in [6.45, 7) is 1.90. The molecule has 0 aromatic carbocycles. The fraction of sp³-hybridized carbons (Fsp3) is 0.667. The predicted molar refractivity (Wildman–Crippen MR) is 68.2 cm³/mol. The number of primary amides is 1. The van der Waals surface area contributed by atoms with Crippen LogP contribution in [0.5, 0.6) is 0 Å². The summed E-state index contributed by atoms with van der Waals surface area (Å²) in [6.07, 6.45) is -0.182. The molecule has 0 unspecified atom stereocenters. The van der Waals surface area contributed by atoms with Gasteiger partial charge in [0.1, 0.15) is 6.04 Å². The summed E-state index contributed by atoms with van der Waals surface area (Å²) >= 11 is 0. The molecule has 0 aliphatic carbocycles. The molecule has 0 radical (unpaired) electrons. The van der Waals surface area contributed by atoms with Gasteiger partial charge in [0, 0.05) is 12.8 Å². The molecule has 20 heavy (non-hydrogen) atoms. The number of rotatable bonds is 9. The van der Waals surface area contributed by atoms with E-state index in [0.717, 1.165) is 0 Å². The van der Waals surface area contributed by atoms with Crippen LogP contribution < -0.4 is 11.1 Å². The summed E-state index contributed by atoms with van der Waals surface area (Å²) in [5, 5.41) is 2.36. The summed E-state index contributed by atoms with van der Waals surface area (Å²) < 4.78 is 9.09. The molecule has 0 aromatic heterocycles. The Morgan fingerprint density at radius 2 is 1.75 bits per heavy atom. The predicted octanol–water partition coefficient (Wildman–Crippen LogP) is -0.747. The first-order valence-corrected chi connectivity index (χ1v) is 6.21. The van der Waals surface area contributed by atoms with Gasteiger partial charge < -0.3 is 20.5 Å². The van der Waals surface area contributed by atoms with E-state index >= 15 is 0 Å². The van der Waals surface area contributed by atoms with Crippen LogP contribution in [0.1, 0.15) is 32.6 Å². The maximum absolute atomic E-state index is 11.5. The highest BCUT2D eigenvalue weighted by atomic mass is 16.5. The highest BCUT2D eigenvalue weighted by molar-refractivity contribution is 5.88. The first-order chi connectivity index (χ1) is 9.40. The minimum absolute atomic E-state index is 0.0394. The SMILES string of the molecule is CCOC(=O)CCC(=O)N[C@H](CCC(=O)OC)C(N)=O. The van der Waals surface area contributed by atoms with Gasteiger partial charge in [-0.1, -0.05) is 0 Å². The van der Waals surface area contributed by atoms with E-state index in [2.05, 4.69) is 14.8 Å². The fourth-order valence-corrected chi connectivity index (χ4v) is 1.37. The molecule has 2 amide bonds. The Balaban J connectivity index is 4.17. The van der Waals surface area contributed by atoms with Gasteiger partial charge in [-0.05, 0) is 13.3 Å². The molecule has 3 N–H and O–H groups in total. The number of esters is 2. The van der Waals surface area contributed by atoms with Crippen molar-refractivity contribution in [3.8, 4) is 0 Å². The zero-order chi connectivity index (χ0) is 15.5. The average molecular weight is 288 g/mol. The van der Waals surface area contributed by atoms with Crippen molar-refractivity contribution in [1.29, 1.82) is 0 Å². The monoisotopic (exact) mass is 288 g/mol. The van der Waals surface area contributed by atoms with E-state index in [1.807, 2.05) is 0 Å². The topological polar surface area (TPSA) is 125 Å². The molecule has 0 spiro atoms. The second-order valence-corrected chi connectivity index (χ2v) is 3.94. The van der Waals surface area contributed by atoms with Gasteiger partial charge in [-0.2, -0.15) is 0 Å². The van der Waals surface area contributed by atoms with Crippen LogP contribution in [0, 0.1) is 0 Å². The minimum atomic E-state index is -0.969. The average Bonchev–Trinajstić information content (AvgIpc) is 2.40. The number of carbonyl (C=O) groups excluding carboxylic acids is 4. The molecule has 8 nitrogen and oxygen atoms in total. The number of methoxy groups -OCH3 is 1. The Morgan fingerprint density at radius 1 is 1.10 bits per heavy atom. The van der Waals surface area contributed by atoms with Gasteiger partial charge in [0.05, 0.1) is 20.1 Å². The van der Waals surface area contributed by atoms with E-state index in [9.17, 15) is 19.2 Å². The smallest absolute Gasteiger partial charge is 0.306 e. The highest BCUT2D eigenvalue weighted by Crippen LogP contribution is 2.01. The van der Waals surface area contributed by atoms with Crippen LogP contribution in [0.15, 0.2) is 0 Å². The van der Waals surface area contributed by atoms with Gasteiger partial charge >= 0.3 is 11.9 Å². The van der Waals surface area contributed by atoms with Crippen LogP contribution in [-0.2, 0) is 28.7 Å². The number of amides is 2. The molecule has 0 fully saturated rings. The molecule has 0 saturated heterocycles. The van der Waals surface area contributed by atoms with Gasteiger partial charge in [-0.25, -0.2) is 0 Å². The molecule has 0 aromatic rings. The van der Waals surface area contributed by atoms with Crippen LogP contribution in [0.4, 0.5) is 0 Å². The molecule has 8 heteroatoms. The van der Waals surface area contributed by atoms with Gasteiger partial charge in [-0.3, -0.25) is 19.2 Å². The first kappa shape index (κ1) is 17.9. The van der Waals surface area contributed by atoms with Gasteiger partial charge in [0.25, 0.3) is 0 Å². The molecular weight excluding hydrogens is 268 g/mol. The van der Waals surface area contributed by atoms with Crippen molar-refractivity contribution in [1.82, 2.24) is 5.32 Å². The quantitative estimate of drug-likeness (QED) is 0.538. The molecule has 0 aliphatic rings. The summed E-state index contributed by atoms with van der Waals surface area (Å²) in [7, 11) is 1.22. The van der Waals surface area contributed by atoms with Gasteiger partial charge in [-0.15, -0.1) is 0 Å². The molecule has 0 saturated carbocycles. The highest BCUT2D eigenvalue weighted by Gasteiger charge is 2.20. The molecule has 1 atom stereocenters. The molecule has 0 heterocycles. The van der Waals surface area contributed by atoms with Crippen LogP contribution in [0.3, 0.4) is 0 Å². The molecule has 0 rings (SSSR count). The lowest BCUT2D eigenvalue weighted by Gasteiger charge is -2.14. The number of ether oxygens (including phenoxy) is 2. The Labute approximate surface area is 117 Å². The maximum Gasteiger partial charge on any atom is 0.306 e. The first-order valence-electron chi connectivity index (χ1n) is 6.21. The number of nitrogens with one attached hydrogen (secondary N) is 1. The van der Waals surface area contributed by atoms with Crippen molar-refractivity contribution >= 4 is 23.8 Å². The minimum Gasteiger partial charge on any atom is -0.469 e. The zero-order valence-corrected chi connectivity index (χ0v) is 11.6. The van der Waals surface area contributed by atoms with E-state index in [0.29, 0.717) is 0 Å². The Kier molecular flexibility index (Phi) is 8.73. The van der Waals surface area contributed by atoms with Crippen molar-refractivity contribution in [3.63, 3.8) is 0 Å². The summed E-state index contributed by atoms with van der Waals surface area (Å²) in [6, 6.07) is -0.969. The molecule has 0 aliphatic heterocycles.